The topological polar surface area (TPSA) is 106 Å². The molecule has 0 atom stereocenters. The molecular formula is C15H14BrN5O3. The number of carbonyl (C=O) groups is 1. The van der Waals surface area contributed by atoms with Crippen molar-refractivity contribution in [2.75, 3.05) is 5.32 Å². The van der Waals surface area contributed by atoms with Crippen molar-refractivity contribution in [3.05, 3.63) is 55.9 Å². The highest BCUT2D eigenvalue weighted by Crippen LogP contribution is 2.18. The van der Waals surface area contributed by atoms with Crippen LogP contribution in [0.25, 0.3) is 5.95 Å². The normalized spacial score (nSPS) is 10.8. The van der Waals surface area contributed by atoms with Gasteiger partial charge in [0.2, 0.25) is 5.95 Å². The number of amides is 1. The summed E-state index contributed by atoms with van der Waals surface area (Å²) < 4.78 is 7.06. The quantitative estimate of drug-likeness (QED) is 0.713. The van der Waals surface area contributed by atoms with Gasteiger partial charge in [0.25, 0.3) is 11.5 Å². The molecule has 1 amide bonds. The number of aromatic nitrogens is 4. The molecule has 3 rings (SSSR count). The molecule has 0 unspecified atom stereocenters. The molecule has 0 aromatic carbocycles. The molecule has 9 heteroatoms. The second kappa shape index (κ2) is 6.08. The number of aromatic amines is 1. The smallest absolute Gasteiger partial charge is 0.292 e. The predicted molar refractivity (Wildman–Crippen MR) is 90.6 cm³/mol. The van der Waals surface area contributed by atoms with Gasteiger partial charge in [-0.3, -0.25) is 14.6 Å². The van der Waals surface area contributed by atoms with E-state index in [1.54, 1.807) is 39.0 Å². The predicted octanol–water partition coefficient (Wildman–Crippen LogP) is 2.49. The molecule has 124 valence electrons. The van der Waals surface area contributed by atoms with E-state index in [-0.39, 0.29) is 17.3 Å². The van der Waals surface area contributed by atoms with Crippen LogP contribution >= 0.6 is 15.9 Å². The van der Waals surface area contributed by atoms with E-state index in [1.807, 2.05) is 0 Å². The number of rotatable bonds is 3. The fourth-order valence-corrected chi connectivity index (χ4v) is 2.40. The maximum Gasteiger partial charge on any atom is 0.292 e. The molecule has 0 spiro atoms. The summed E-state index contributed by atoms with van der Waals surface area (Å²) in [5, 5.41) is 6.97. The van der Waals surface area contributed by atoms with Crippen molar-refractivity contribution in [3.63, 3.8) is 0 Å². The molecule has 8 nitrogen and oxygen atoms in total. The van der Waals surface area contributed by atoms with Gasteiger partial charge in [0, 0.05) is 17.3 Å². The summed E-state index contributed by atoms with van der Waals surface area (Å²) in [6.07, 6.45) is 0. The Bertz CT molecular complexity index is 985. The summed E-state index contributed by atoms with van der Waals surface area (Å²) in [5.74, 6) is 0.311. The molecule has 2 N–H and O–H groups in total. The Balaban J connectivity index is 1.99. The van der Waals surface area contributed by atoms with Crippen molar-refractivity contribution in [2.45, 2.75) is 20.8 Å². The molecule has 24 heavy (non-hydrogen) atoms. The molecule has 0 aliphatic heterocycles. The zero-order valence-corrected chi connectivity index (χ0v) is 14.8. The number of hydrogen-bond donors (Lipinski definition) is 2. The van der Waals surface area contributed by atoms with Gasteiger partial charge in [-0.15, -0.1) is 0 Å². The average Bonchev–Trinajstić information content (AvgIpc) is 3.10. The highest BCUT2D eigenvalue weighted by atomic mass is 79.9. The van der Waals surface area contributed by atoms with Crippen LogP contribution in [0.5, 0.6) is 0 Å². The second-order valence-corrected chi connectivity index (χ2v) is 6.02. The highest BCUT2D eigenvalue weighted by molar-refractivity contribution is 9.10. The maximum absolute atomic E-state index is 12.2. The molecular weight excluding hydrogens is 378 g/mol. The maximum atomic E-state index is 12.2. The van der Waals surface area contributed by atoms with Crippen LogP contribution < -0.4 is 10.9 Å². The molecule has 3 aromatic rings. The molecule has 0 bridgehead atoms. The largest absolute Gasteiger partial charge is 0.444 e. The van der Waals surface area contributed by atoms with Crippen LogP contribution in [0.1, 0.15) is 27.5 Å². The number of carbonyl (C=O) groups excluding carboxylic acids is 1. The third-order valence-electron chi connectivity index (χ3n) is 3.45. The van der Waals surface area contributed by atoms with E-state index in [9.17, 15) is 9.59 Å². The van der Waals surface area contributed by atoms with Crippen LogP contribution in [0, 0.1) is 20.8 Å². The van der Waals surface area contributed by atoms with Crippen molar-refractivity contribution in [1.29, 1.82) is 0 Å². The third kappa shape index (κ3) is 3.02. The first-order valence-electron chi connectivity index (χ1n) is 7.06. The van der Waals surface area contributed by atoms with E-state index in [0.29, 0.717) is 27.4 Å². The van der Waals surface area contributed by atoms with Crippen LogP contribution in [0.4, 0.5) is 5.82 Å². The van der Waals surface area contributed by atoms with Crippen molar-refractivity contribution in [1.82, 2.24) is 19.7 Å². The van der Waals surface area contributed by atoms with E-state index in [0.717, 1.165) is 0 Å². The standard InChI is InChI=1S/C15H14BrN5O3/c1-7-6-12(18-14(23)10-4-5-11(16)24-10)21(20-7)15-17-9(3)8(2)13(22)19-15/h4-6H,1-3H3,(H,18,23)(H,17,19,22). The Kier molecular flexibility index (Phi) is 4.10. The summed E-state index contributed by atoms with van der Waals surface area (Å²) >= 11 is 3.15. The van der Waals surface area contributed by atoms with E-state index < -0.39 is 5.91 Å². The van der Waals surface area contributed by atoms with Crippen molar-refractivity contribution in [2.24, 2.45) is 0 Å². The summed E-state index contributed by atoms with van der Waals surface area (Å²) in [6, 6.07) is 4.84. The molecule has 0 aliphatic carbocycles. The lowest BCUT2D eigenvalue weighted by atomic mass is 10.3. The first-order valence-corrected chi connectivity index (χ1v) is 7.85. The number of aryl methyl sites for hydroxylation is 2. The van der Waals surface area contributed by atoms with Crippen molar-refractivity contribution in [3.8, 4) is 5.95 Å². The molecule has 0 fully saturated rings. The summed E-state index contributed by atoms with van der Waals surface area (Å²) in [6.45, 7) is 5.20. The fraction of sp³-hybridized carbons (Fsp3) is 0.200. The summed E-state index contributed by atoms with van der Waals surface area (Å²) in [5.41, 5.74) is 1.53. The Morgan fingerprint density at radius 2 is 2.08 bits per heavy atom. The van der Waals surface area contributed by atoms with E-state index in [2.05, 4.69) is 36.3 Å². The van der Waals surface area contributed by atoms with Gasteiger partial charge < -0.3 is 9.73 Å². The van der Waals surface area contributed by atoms with Gasteiger partial charge in [0.05, 0.1) is 5.69 Å². The zero-order valence-electron chi connectivity index (χ0n) is 13.2. The van der Waals surface area contributed by atoms with Gasteiger partial charge in [-0.05, 0) is 48.8 Å². The van der Waals surface area contributed by atoms with E-state index in [1.165, 1.54) is 4.68 Å². The lowest BCUT2D eigenvalue weighted by Gasteiger charge is -2.08. The third-order valence-corrected chi connectivity index (χ3v) is 3.88. The van der Waals surface area contributed by atoms with Gasteiger partial charge in [-0.2, -0.15) is 9.78 Å². The Hall–Kier alpha value is -2.68. The second-order valence-electron chi connectivity index (χ2n) is 5.24. The Morgan fingerprint density at radius 1 is 1.33 bits per heavy atom. The lowest BCUT2D eigenvalue weighted by molar-refractivity contribution is 0.0994. The highest BCUT2D eigenvalue weighted by Gasteiger charge is 2.17. The van der Waals surface area contributed by atoms with Crippen molar-refractivity contribution < 1.29 is 9.21 Å². The van der Waals surface area contributed by atoms with Gasteiger partial charge in [0.1, 0.15) is 5.82 Å². The number of nitrogens with zero attached hydrogens (tertiary/aromatic N) is 3. The van der Waals surface area contributed by atoms with Crippen LogP contribution in [0.2, 0.25) is 0 Å². The molecule has 3 aromatic heterocycles. The van der Waals surface area contributed by atoms with E-state index in [4.69, 9.17) is 4.42 Å². The SMILES string of the molecule is Cc1cc(NC(=O)c2ccc(Br)o2)n(-c2nc(C)c(C)c(=O)[nH]2)n1. The van der Waals surface area contributed by atoms with Gasteiger partial charge in [0.15, 0.2) is 10.4 Å². The van der Waals surface area contributed by atoms with Crippen LogP contribution in [0.15, 0.2) is 32.1 Å². The molecule has 0 radical (unpaired) electrons. The van der Waals surface area contributed by atoms with Crippen LogP contribution in [-0.2, 0) is 0 Å². The van der Waals surface area contributed by atoms with Gasteiger partial charge >= 0.3 is 0 Å². The Morgan fingerprint density at radius 3 is 2.71 bits per heavy atom. The number of hydrogen-bond acceptors (Lipinski definition) is 5. The number of anilines is 1. The minimum Gasteiger partial charge on any atom is -0.444 e. The molecule has 0 saturated heterocycles. The van der Waals surface area contributed by atoms with Crippen LogP contribution in [-0.4, -0.2) is 25.7 Å². The summed E-state index contributed by atoms with van der Waals surface area (Å²) in [4.78, 5) is 31.2. The number of H-pyrrole nitrogens is 1. The first-order chi connectivity index (χ1) is 11.3. The zero-order chi connectivity index (χ0) is 17.4. The molecule has 0 aliphatic rings. The minimum atomic E-state index is -0.437. The molecule has 0 saturated carbocycles. The average molecular weight is 392 g/mol. The van der Waals surface area contributed by atoms with Crippen molar-refractivity contribution >= 4 is 27.7 Å². The van der Waals surface area contributed by atoms with Gasteiger partial charge in [-0.25, -0.2) is 4.98 Å². The lowest BCUT2D eigenvalue weighted by Crippen LogP contribution is -2.20. The van der Waals surface area contributed by atoms with Crippen LogP contribution in [0.3, 0.4) is 0 Å². The monoisotopic (exact) mass is 391 g/mol. The Labute approximate surface area is 145 Å². The number of halogens is 1. The number of nitrogens with one attached hydrogen (secondary N) is 2. The minimum absolute atomic E-state index is 0.147. The van der Waals surface area contributed by atoms with Gasteiger partial charge in [-0.1, -0.05) is 0 Å². The van der Waals surface area contributed by atoms with E-state index >= 15 is 0 Å². The molecule has 3 heterocycles. The first kappa shape index (κ1) is 16.2. The number of furan rings is 1. The summed E-state index contributed by atoms with van der Waals surface area (Å²) in [7, 11) is 0. The fourth-order valence-electron chi connectivity index (χ4n) is 2.09.